The maximum atomic E-state index is 12.7. The molecule has 2 aliphatic rings. The van der Waals surface area contributed by atoms with E-state index in [1.807, 2.05) is 29.2 Å². The number of anilines is 2. The van der Waals surface area contributed by atoms with Crippen LogP contribution in [0.15, 0.2) is 36.4 Å². The van der Waals surface area contributed by atoms with Crippen molar-refractivity contribution in [1.82, 2.24) is 15.1 Å². The van der Waals surface area contributed by atoms with Crippen LogP contribution in [0.25, 0.3) is 0 Å². The Morgan fingerprint density at radius 1 is 1.15 bits per heavy atom. The van der Waals surface area contributed by atoms with Crippen LogP contribution >= 0.6 is 0 Å². The van der Waals surface area contributed by atoms with E-state index in [0.29, 0.717) is 18.2 Å². The number of hydrogen-bond acceptors (Lipinski definition) is 5. The summed E-state index contributed by atoms with van der Waals surface area (Å²) in [7, 11) is 0. The molecule has 138 valence electrons. The first-order valence-corrected chi connectivity index (χ1v) is 9.23. The van der Waals surface area contributed by atoms with Crippen molar-refractivity contribution in [1.29, 1.82) is 5.26 Å². The zero-order chi connectivity index (χ0) is 19.0. The molecular weight excluding hydrogens is 340 g/mol. The number of fused-ring (bicyclic) bond motifs is 2. The number of nitrogens with zero attached hydrogens (tertiary/aromatic N) is 5. The van der Waals surface area contributed by atoms with Gasteiger partial charge in [-0.2, -0.15) is 5.26 Å². The zero-order valence-electron chi connectivity index (χ0n) is 15.5. The number of urea groups is 1. The number of carbonyl (C=O) groups excluding carboxylic acids is 1. The van der Waals surface area contributed by atoms with Gasteiger partial charge in [0.1, 0.15) is 6.07 Å². The molecule has 0 aliphatic carbocycles. The number of piperazine rings is 1. The van der Waals surface area contributed by atoms with Gasteiger partial charge in [0.2, 0.25) is 0 Å². The Bertz CT molecular complexity index is 871. The Kier molecular flexibility index (Phi) is 4.40. The predicted octanol–water partition coefficient (Wildman–Crippen LogP) is 2.97. The summed E-state index contributed by atoms with van der Waals surface area (Å²) in [5, 5.41) is 19.9. The van der Waals surface area contributed by atoms with Crippen molar-refractivity contribution in [2.24, 2.45) is 0 Å². The van der Waals surface area contributed by atoms with Crippen molar-refractivity contribution in [3.05, 3.63) is 47.7 Å². The van der Waals surface area contributed by atoms with Crippen molar-refractivity contribution < 1.29 is 4.79 Å². The highest BCUT2D eigenvalue weighted by Gasteiger charge is 2.45. The molecule has 1 aromatic carbocycles. The molecule has 1 N–H and O–H groups in total. The average Bonchev–Trinajstić information content (AvgIpc) is 3.29. The van der Waals surface area contributed by atoms with Gasteiger partial charge in [-0.05, 0) is 42.2 Å². The predicted molar refractivity (Wildman–Crippen MR) is 103 cm³/mol. The SMILES string of the molecule is CC(C)c1ccc(NC(=O)N2C[C@H]3C[C@@H]2CN3c2ccc(C#N)nn2)cc1. The van der Waals surface area contributed by atoms with Crippen LogP contribution in [0.5, 0.6) is 0 Å². The van der Waals surface area contributed by atoms with Crippen LogP contribution in [0.3, 0.4) is 0 Å². The maximum Gasteiger partial charge on any atom is 0.322 e. The third-order valence-electron chi connectivity index (χ3n) is 5.39. The van der Waals surface area contributed by atoms with E-state index in [4.69, 9.17) is 5.26 Å². The summed E-state index contributed by atoms with van der Waals surface area (Å²) in [6.45, 7) is 5.71. The summed E-state index contributed by atoms with van der Waals surface area (Å²) < 4.78 is 0. The van der Waals surface area contributed by atoms with Gasteiger partial charge in [-0.15, -0.1) is 10.2 Å². The molecule has 0 unspecified atom stereocenters. The van der Waals surface area contributed by atoms with Gasteiger partial charge in [0.05, 0.1) is 12.1 Å². The molecule has 2 atom stereocenters. The Hall–Kier alpha value is -3.14. The minimum Gasteiger partial charge on any atom is -0.348 e. The van der Waals surface area contributed by atoms with Crippen LogP contribution < -0.4 is 10.2 Å². The molecular formula is C20H22N6O. The molecule has 2 bridgehead atoms. The highest BCUT2D eigenvalue weighted by atomic mass is 16.2. The number of nitrogens with one attached hydrogen (secondary N) is 1. The quantitative estimate of drug-likeness (QED) is 0.907. The van der Waals surface area contributed by atoms with Gasteiger partial charge in [0.25, 0.3) is 0 Å². The van der Waals surface area contributed by atoms with E-state index >= 15 is 0 Å². The van der Waals surface area contributed by atoms with Gasteiger partial charge in [-0.3, -0.25) is 0 Å². The van der Waals surface area contributed by atoms with Crippen molar-refractivity contribution in [2.75, 3.05) is 23.3 Å². The molecule has 0 spiro atoms. The first-order valence-electron chi connectivity index (χ1n) is 9.23. The third-order valence-corrected chi connectivity index (χ3v) is 5.39. The maximum absolute atomic E-state index is 12.7. The Balaban J connectivity index is 1.38. The van der Waals surface area contributed by atoms with E-state index in [-0.39, 0.29) is 18.1 Å². The summed E-state index contributed by atoms with van der Waals surface area (Å²) in [6, 6.07) is 13.9. The molecule has 2 aromatic rings. The summed E-state index contributed by atoms with van der Waals surface area (Å²) in [5.41, 5.74) is 2.39. The third kappa shape index (κ3) is 3.31. The van der Waals surface area contributed by atoms with Crippen LogP contribution in [0, 0.1) is 11.3 Å². The first-order chi connectivity index (χ1) is 13.0. The largest absolute Gasteiger partial charge is 0.348 e. The molecule has 2 fully saturated rings. The van der Waals surface area contributed by atoms with E-state index in [1.54, 1.807) is 6.07 Å². The van der Waals surface area contributed by atoms with Gasteiger partial charge >= 0.3 is 6.03 Å². The van der Waals surface area contributed by atoms with Gasteiger partial charge in [-0.1, -0.05) is 26.0 Å². The van der Waals surface area contributed by atoms with Gasteiger partial charge < -0.3 is 15.1 Å². The molecule has 7 heteroatoms. The lowest BCUT2D eigenvalue weighted by molar-refractivity contribution is 0.202. The second-order valence-corrected chi connectivity index (χ2v) is 7.44. The highest BCUT2D eigenvalue weighted by Crippen LogP contribution is 2.34. The van der Waals surface area contributed by atoms with E-state index < -0.39 is 0 Å². The van der Waals surface area contributed by atoms with Gasteiger partial charge in [0, 0.05) is 18.8 Å². The van der Waals surface area contributed by atoms with Crippen molar-refractivity contribution in [3.63, 3.8) is 0 Å². The summed E-state index contributed by atoms with van der Waals surface area (Å²) in [5.74, 6) is 1.24. The number of nitriles is 1. The molecule has 2 amide bonds. The standard InChI is InChI=1S/C20H22N6O/c1-13(2)14-3-5-15(6-4-14)22-20(27)26-12-17-9-18(26)11-25(17)19-8-7-16(10-21)23-24-19/h3-8,13,17-18H,9,11-12H2,1-2H3,(H,22,27)/t17-,18-/m1/s1. The fourth-order valence-corrected chi connectivity index (χ4v) is 3.88. The van der Waals surface area contributed by atoms with Crippen molar-refractivity contribution in [3.8, 4) is 6.07 Å². The lowest BCUT2D eigenvalue weighted by Crippen LogP contribution is -2.50. The fraction of sp³-hybridized carbons (Fsp3) is 0.400. The van der Waals surface area contributed by atoms with E-state index in [0.717, 1.165) is 24.5 Å². The molecule has 7 nitrogen and oxygen atoms in total. The molecule has 27 heavy (non-hydrogen) atoms. The Labute approximate surface area is 158 Å². The molecule has 4 rings (SSSR count). The summed E-state index contributed by atoms with van der Waals surface area (Å²) in [6.07, 6.45) is 0.932. The monoisotopic (exact) mass is 362 g/mol. The molecule has 0 saturated carbocycles. The second kappa shape index (κ2) is 6.88. The first kappa shape index (κ1) is 17.3. The van der Waals surface area contributed by atoms with Crippen LogP contribution in [0.1, 0.15) is 37.4 Å². The average molecular weight is 362 g/mol. The minimum atomic E-state index is -0.0506. The molecule has 2 aliphatic heterocycles. The van der Waals surface area contributed by atoms with Crippen LogP contribution in [-0.4, -0.2) is 46.3 Å². The normalized spacial score (nSPS) is 20.8. The van der Waals surface area contributed by atoms with Crippen LogP contribution in [0.2, 0.25) is 0 Å². The minimum absolute atomic E-state index is 0.0506. The number of likely N-dealkylation sites (tertiary alicyclic amines) is 1. The molecule has 0 radical (unpaired) electrons. The van der Waals surface area contributed by atoms with Crippen molar-refractivity contribution in [2.45, 2.75) is 38.3 Å². The second-order valence-electron chi connectivity index (χ2n) is 7.44. The van der Waals surface area contributed by atoms with E-state index in [9.17, 15) is 4.79 Å². The topological polar surface area (TPSA) is 85.2 Å². The number of rotatable bonds is 3. The van der Waals surface area contributed by atoms with Crippen molar-refractivity contribution >= 4 is 17.5 Å². The van der Waals surface area contributed by atoms with Gasteiger partial charge in [-0.25, -0.2) is 4.79 Å². The number of benzene rings is 1. The number of aromatic nitrogens is 2. The van der Waals surface area contributed by atoms with Crippen LogP contribution in [-0.2, 0) is 0 Å². The molecule has 3 heterocycles. The lowest BCUT2D eigenvalue weighted by atomic mass is 10.0. The fourth-order valence-electron chi connectivity index (χ4n) is 3.88. The van der Waals surface area contributed by atoms with Crippen LogP contribution in [0.4, 0.5) is 16.3 Å². The smallest absolute Gasteiger partial charge is 0.322 e. The number of amides is 2. The lowest BCUT2D eigenvalue weighted by Gasteiger charge is -2.34. The molecule has 2 saturated heterocycles. The highest BCUT2D eigenvalue weighted by molar-refractivity contribution is 5.90. The Morgan fingerprint density at radius 2 is 1.93 bits per heavy atom. The molecule has 1 aromatic heterocycles. The zero-order valence-corrected chi connectivity index (χ0v) is 15.5. The number of hydrogen-bond donors (Lipinski definition) is 1. The van der Waals surface area contributed by atoms with E-state index in [1.165, 1.54) is 5.56 Å². The summed E-state index contributed by atoms with van der Waals surface area (Å²) >= 11 is 0. The Morgan fingerprint density at radius 3 is 2.48 bits per heavy atom. The van der Waals surface area contributed by atoms with Gasteiger partial charge in [0.15, 0.2) is 11.5 Å². The summed E-state index contributed by atoms with van der Waals surface area (Å²) in [4.78, 5) is 16.8. The number of carbonyl (C=O) groups is 1. The van der Waals surface area contributed by atoms with E-state index in [2.05, 4.69) is 46.4 Å².